The van der Waals surface area contributed by atoms with E-state index in [2.05, 4.69) is 12.2 Å². The number of ether oxygens (including phenoxy) is 3. The van der Waals surface area contributed by atoms with Gasteiger partial charge in [-0.2, -0.15) is 0 Å². The van der Waals surface area contributed by atoms with Crippen LogP contribution in [-0.2, 0) is 16.1 Å². The molecule has 0 radical (unpaired) electrons. The van der Waals surface area contributed by atoms with Gasteiger partial charge < -0.3 is 24.4 Å². The maximum Gasteiger partial charge on any atom is 0.247 e. The molecule has 0 unspecified atom stereocenters. The van der Waals surface area contributed by atoms with E-state index in [1.807, 2.05) is 44.2 Å². The molecule has 2 aromatic carbocycles. The fourth-order valence-electron chi connectivity index (χ4n) is 4.73. The SMILES string of the molecule is COc1cccc(CN(C(=O)CCl)[C@@H](C(=O)NC2CCC(C)CC2)c2ccc(OC(C)C)c(OC)c2)c1. The summed E-state index contributed by atoms with van der Waals surface area (Å²) in [6, 6.07) is 12.0. The lowest BCUT2D eigenvalue weighted by atomic mass is 9.87. The van der Waals surface area contributed by atoms with Gasteiger partial charge in [-0.15, -0.1) is 11.6 Å². The van der Waals surface area contributed by atoms with Gasteiger partial charge in [0.25, 0.3) is 0 Å². The molecule has 0 saturated heterocycles. The Morgan fingerprint density at radius 2 is 1.76 bits per heavy atom. The molecule has 37 heavy (non-hydrogen) atoms. The van der Waals surface area contributed by atoms with Crippen molar-refractivity contribution < 1.29 is 23.8 Å². The smallest absolute Gasteiger partial charge is 0.247 e. The van der Waals surface area contributed by atoms with E-state index in [0.29, 0.717) is 28.7 Å². The van der Waals surface area contributed by atoms with Crippen LogP contribution in [0.4, 0.5) is 0 Å². The number of nitrogens with one attached hydrogen (secondary N) is 1. The highest BCUT2D eigenvalue weighted by molar-refractivity contribution is 6.27. The Balaban J connectivity index is 2.02. The number of methoxy groups -OCH3 is 2. The van der Waals surface area contributed by atoms with Crippen LogP contribution in [0.2, 0.25) is 0 Å². The fourth-order valence-corrected chi connectivity index (χ4v) is 4.88. The molecule has 7 nitrogen and oxygen atoms in total. The first-order valence-electron chi connectivity index (χ1n) is 12.9. The van der Waals surface area contributed by atoms with Crippen LogP contribution in [0.1, 0.15) is 63.6 Å². The van der Waals surface area contributed by atoms with Gasteiger partial charge in [0, 0.05) is 12.6 Å². The summed E-state index contributed by atoms with van der Waals surface area (Å²) in [6.45, 7) is 6.30. The standard InChI is InChI=1S/C29H39ClN2O5/c1-19(2)37-25-14-11-22(16-26(25)36-5)28(29(34)31-23-12-9-20(3)10-13-23)32(27(33)17-30)18-21-7-6-8-24(15-21)35-4/h6-8,11,14-16,19-20,23,28H,9-10,12-13,17-18H2,1-5H3,(H,31,34)/t20?,23?,28-/m1/s1. The van der Waals surface area contributed by atoms with Gasteiger partial charge in [-0.25, -0.2) is 0 Å². The summed E-state index contributed by atoms with van der Waals surface area (Å²) in [4.78, 5) is 28.6. The van der Waals surface area contributed by atoms with Gasteiger partial charge in [0.15, 0.2) is 11.5 Å². The maximum absolute atomic E-state index is 13.9. The van der Waals surface area contributed by atoms with Crippen molar-refractivity contribution in [2.45, 2.75) is 71.2 Å². The largest absolute Gasteiger partial charge is 0.497 e. The van der Waals surface area contributed by atoms with E-state index >= 15 is 0 Å². The first kappa shape index (κ1) is 28.6. The number of hydrogen-bond donors (Lipinski definition) is 1. The highest BCUT2D eigenvalue weighted by Crippen LogP contribution is 2.34. The second-order valence-corrected chi connectivity index (χ2v) is 10.2. The van der Waals surface area contributed by atoms with Crippen molar-refractivity contribution in [2.75, 3.05) is 20.1 Å². The molecule has 0 aromatic heterocycles. The Labute approximate surface area is 225 Å². The average molecular weight is 531 g/mol. The van der Waals surface area contributed by atoms with Crippen LogP contribution >= 0.6 is 11.6 Å². The summed E-state index contributed by atoms with van der Waals surface area (Å²) >= 11 is 6.06. The van der Waals surface area contributed by atoms with Crippen molar-refractivity contribution in [3.63, 3.8) is 0 Å². The molecule has 0 aliphatic heterocycles. The minimum Gasteiger partial charge on any atom is -0.497 e. The van der Waals surface area contributed by atoms with Crippen molar-refractivity contribution in [2.24, 2.45) is 5.92 Å². The molecule has 1 aliphatic rings. The monoisotopic (exact) mass is 530 g/mol. The molecule has 2 aromatic rings. The summed E-state index contributed by atoms with van der Waals surface area (Å²) in [5.41, 5.74) is 1.45. The number of amides is 2. The predicted octanol–water partition coefficient (Wildman–Crippen LogP) is 5.49. The van der Waals surface area contributed by atoms with Gasteiger partial charge in [-0.3, -0.25) is 9.59 Å². The summed E-state index contributed by atoms with van der Waals surface area (Å²) in [7, 11) is 3.15. The number of hydrogen-bond acceptors (Lipinski definition) is 5. The third-order valence-corrected chi connectivity index (χ3v) is 6.94. The van der Waals surface area contributed by atoms with Gasteiger partial charge >= 0.3 is 0 Å². The first-order chi connectivity index (χ1) is 17.7. The molecular formula is C29H39ClN2O5. The molecule has 1 atom stereocenters. The normalized spacial score (nSPS) is 18.1. The topological polar surface area (TPSA) is 77.1 Å². The molecular weight excluding hydrogens is 492 g/mol. The van der Waals surface area contributed by atoms with E-state index in [1.54, 1.807) is 26.4 Å². The zero-order valence-electron chi connectivity index (χ0n) is 22.5. The van der Waals surface area contributed by atoms with E-state index in [4.69, 9.17) is 25.8 Å². The van der Waals surface area contributed by atoms with Crippen LogP contribution in [0.15, 0.2) is 42.5 Å². The second kappa shape index (κ2) is 13.6. The minimum absolute atomic E-state index is 0.0464. The van der Waals surface area contributed by atoms with Crippen LogP contribution in [0, 0.1) is 5.92 Å². The molecule has 202 valence electrons. The quantitative estimate of drug-likeness (QED) is 0.388. The number of alkyl halides is 1. The number of carbonyl (C=O) groups is 2. The Kier molecular flexibility index (Phi) is 10.5. The molecule has 1 saturated carbocycles. The van der Waals surface area contributed by atoms with Crippen LogP contribution in [0.5, 0.6) is 17.2 Å². The van der Waals surface area contributed by atoms with Crippen molar-refractivity contribution in [3.05, 3.63) is 53.6 Å². The van der Waals surface area contributed by atoms with E-state index in [1.165, 1.54) is 4.90 Å². The van der Waals surface area contributed by atoms with Gasteiger partial charge in [-0.05, 0) is 80.8 Å². The molecule has 0 bridgehead atoms. The van der Waals surface area contributed by atoms with E-state index < -0.39 is 6.04 Å². The number of benzene rings is 2. The van der Waals surface area contributed by atoms with Gasteiger partial charge in [0.1, 0.15) is 17.7 Å². The molecule has 1 aliphatic carbocycles. The van der Waals surface area contributed by atoms with Crippen LogP contribution in [0.25, 0.3) is 0 Å². The molecule has 2 amide bonds. The molecule has 1 N–H and O–H groups in total. The Bertz CT molecular complexity index is 1050. The fraction of sp³-hybridized carbons (Fsp3) is 0.517. The number of rotatable bonds is 11. The highest BCUT2D eigenvalue weighted by Gasteiger charge is 2.34. The van der Waals surface area contributed by atoms with Crippen molar-refractivity contribution >= 4 is 23.4 Å². The first-order valence-corrected chi connectivity index (χ1v) is 13.4. The third kappa shape index (κ3) is 7.78. The van der Waals surface area contributed by atoms with Gasteiger partial charge in [0.2, 0.25) is 11.8 Å². The molecule has 0 heterocycles. The van der Waals surface area contributed by atoms with Crippen LogP contribution in [-0.4, -0.2) is 49.0 Å². The zero-order valence-corrected chi connectivity index (χ0v) is 23.2. The lowest BCUT2D eigenvalue weighted by Gasteiger charge is -2.34. The van der Waals surface area contributed by atoms with E-state index in [-0.39, 0.29) is 36.4 Å². The van der Waals surface area contributed by atoms with Crippen molar-refractivity contribution in [3.8, 4) is 17.2 Å². The number of halogens is 1. The lowest BCUT2D eigenvalue weighted by Crippen LogP contribution is -2.47. The second-order valence-electron chi connectivity index (χ2n) is 9.95. The third-order valence-electron chi connectivity index (χ3n) is 6.71. The van der Waals surface area contributed by atoms with E-state index in [0.717, 1.165) is 31.2 Å². The molecule has 8 heteroatoms. The predicted molar refractivity (Wildman–Crippen MR) is 145 cm³/mol. The lowest BCUT2D eigenvalue weighted by molar-refractivity contribution is -0.140. The molecule has 3 rings (SSSR count). The van der Waals surface area contributed by atoms with Crippen LogP contribution < -0.4 is 19.5 Å². The summed E-state index contributed by atoms with van der Waals surface area (Å²) in [5, 5.41) is 3.22. The van der Waals surface area contributed by atoms with E-state index in [9.17, 15) is 9.59 Å². The van der Waals surface area contributed by atoms with Crippen molar-refractivity contribution in [1.82, 2.24) is 10.2 Å². The Hall–Kier alpha value is -2.93. The van der Waals surface area contributed by atoms with Gasteiger partial charge in [-0.1, -0.05) is 25.1 Å². The highest BCUT2D eigenvalue weighted by atomic mass is 35.5. The summed E-state index contributed by atoms with van der Waals surface area (Å²) in [5.74, 6) is 1.57. The van der Waals surface area contributed by atoms with Crippen LogP contribution in [0.3, 0.4) is 0 Å². The maximum atomic E-state index is 13.9. The average Bonchev–Trinajstić information content (AvgIpc) is 2.89. The molecule has 0 spiro atoms. The Morgan fingerprint density at radius 1 is 1.03 bits per heavy atom. The summed E-state index contributed by atoms with van der Waals surface area (Å²) < 4.78 is 16.8. The van der Waals surface area contributed by atoms with Crippen molar-refractivity contribution in [1.29, 1.82) is 0 Å². The number of nitrogens with zero attached hydrogens (tertiary/aromatic N) is 1. The Morgan fingerprint density at radius 3 is 2.38 bits per heavy atom. The minimum atomic E-state index is -0.904. The number of carbonyl (C=O) groups excluding carboxylic acids is 2. The zero-order chi connectivity index (χ0) is 26.9. The summed E-state index contributed by atoms with van der Waals surface area (Å²) in [6.07, 6.45) is 3.93. The van der Waals surface area contributed by atoms with Gasteiger partial charge in [0.05, 0.1) is 20.3 Å². The molecule has 1 fully saturated rings.